The first kappa shape index (κ1) is 16.3. The van der Waals surface area contributed by atoms with Crippen LogP contribution in [0.1, 0.15) is 10.5 Å². The van der Waals surface area contributed by atoms with Crippen molar-refractivity contribution in [3.63, 3.8) is 0 Å². The molecule has 0 aliphatic carbocycles. The maximum Gasteiger partial charge on any atom is 0.272 e. The molecular weight excluding hydrogens is 377 g/mol. The summed E-state index contributed by atoms with van der Waals surface area (Å²) in [6, 6.07) is 5.32. The first-order chi connectivity index (χ1) is 10.4. The Kier molecular flexibility index (Phi) is 4.99. The van der Waals surface area contributed by atoms with E-state index in [1.54, 1.807) is 0 Å². The van der Waals surface area contributed by atoms with Crippen LogP contribution in [0.25, 0.3) is 0 Å². The fourth-order valence-corrected chi connectivity index (χ4v) is 2.09. The Bertz CT molecular complexity index is 741. The third-order valence-corrected chi connectivity index (χ3v) is 3.79. The van der Waals surface area contributed by atoms with Crippen molar-refractivity contribution in [2.75, 3.05) is 10.6 Å². The van der Waals surface area contributed by atoms with Crippen LogP contribution in [0.3, 0.4) is 0 Å². The predicted octanol–water partition coefficient (Wildman–Crippen LogP) is 3.95. The standard InChI is InChI=1S/C14H10BrClFN3O2/c1-2-12(21)19-10-5-7(3-4-9(10)17)18-14(22)11-6-8(15)13(16)20-11/h2-6,20H,1H2,(H,18,22)(H,19,21). The molecule has 0 spiro atoms. The Morgan fingerprint density at radius 1 is 1.32 bits per heavy atom. The fraction of sp³-hybridized carbons (Fsp3) is 0. The van der Waals surface area contributed by atoms with E-state index in [2.05, 4.69) is 38.1 Å². The highest BCUT2D eigenvalue weighted by atomic mass is 79.9. The lowest BCUT2D eigenvalue weighted by Gasteiger charge is -2.08. The van der Waals surface area contributed by atoms with Crippen LogP contribution in [-0.2, 0) is 4.79 Å². The molecule has 114 valence electrons. The molecule has 1 aromatic carbocycles. The van der Waals surface area contributed by atoms with E-state index in [9.17, 15) is 14.0 Å². The third-order valence-electron chi connectivity index (χ3n) is 2.64. The van der Waals surface area contributed by atoms with Gasteiger partial charge in [-0.05, 0) is 46.3 Å². The van der Waals surface area contributed by atoms with Gasteiger partial charge in [0.05, 0.1) is 10.2 Å². The zero-order chi connectivity index (χ0) is 16.3. The van der Waals surface area contributed by atoms with Crippen molar-refractivity contribution in [2.24, 2.45) is 0 Å². The number of anilines is 2. The van der Waals surface area contributed by atoms with E-state index in [1.165, 1.54) is 18.2 Å². The molecule has 0 aliphatic rings. The summed E-state index contributed by atoms with van der Waals surface area (Å²) in [7, 11) is 0. The molecule has 0 aliphatic heterocycles. The lowest BCUT2D eigenvalue weighted by atomic mass is 10.2. The molecule has 2 rings (SSSR count). The van der Waals surface area contributed by atoms with E-state index < -0.39 is 17.6 Å². The van der Waals surface area contributed by atoms with Crippen LogP contribution in [0, 0.1) is 5.82 Å². The number of halogens is 3. The van der Waals surface area contributed by atoms with Gasteiger partial charge in [0.1, 0.15) is 16.7 Å². The van der Waals surface area contributed by atoms with Gasteiger partial charge in [-0.2, -0.15) is 0 Å². The Morgan fingerprint density at radius 2 is 2.05 bits per heavy atom. The molecule has 3 N–H and O–H groups in total. The Balaban J connectivity index is 2.19. The number of aromatic nitrogens is 1. The molecule has 2 amide bonds. The molecule has 0 radical (unpaired) electrons. The van der Waals surface area contributed by atoms with Crippen molar-refractivity contribution in [3.05, 3.63) is 58.1 Å². The summed E-state index contributed by atoms with van der Waals surface area (Å²) >= 11 is 8.98. The van der Waals surface area contributed by atoms with Crippen LogP contribution in [-0.4, -0.2) is 16.8 Å². The number of rotatable bonds is 4. The third kappa shape index (κ3) is 3.75. The molecular formula is C14H10BrClFN3O2. The number of carbonyl (C=O) groups excluding carboxylic acids is 2. The van der Waals surface area contributed by atoms with E-state index >= 15 is 0 Å². The quantitative estimate of drug-likeness (QED) is 0.696. The molecule has 0 bridgehead atoms. The first-order valence-corrected chi connectivity index (χ1v) is 7.16. The summed E-state index contributed by atoms with van der Waals surface area (Å²) in [5, 5.41) is 5.17. The van der Waals surface area contributed by atoms with Gasteiger partial charge >= 0.3 is 0 Å². The number of hydrogen-bond donors (Lipinski definition) is 3. The molecule has 0 saturated carbocycles. The van der Waals surface area contributed by atoms with Crippen molar-refractivity contribution < 1.29 is 14.0 Å². The van der Waals surface area contributed by atoms with Crippen LogP contribution >= 0.6 is 27.5 Å². The maximum absolute atomic E-state index is 13.6. The molecule has 5 nitrogen and oxygen atoms in total. The summed E-state index contributed by atoms with van der Waals surface area (Å²) in [5.41, 5.74) is 0.485. The molecule has 0 fully saturated rings. The van der Waals surface area contributed by atoms with Crippen molar-refractivity contribution >= 4 is 50.7 Å². The van der Waals surface area contributed by atoms with Crippen molar-refractivity contribution in [1.29, 1.82) is 0 Å². The van der Waals surface area contributed by atoms with Gasteiger partial charge < -0.3 is 15.6 Å². The summed E-state index contributed by atoms with van der Waals surface area (Å²) in [4.78, 5) is 25.9. The topological polar surface area (TPSA) is 74.0 Å². The number of H-pyrrole nitrogens is 1. The highest BCUT2D eigenvalue weighted by Crippen LogP contribution is 2.24. The summed E-state index contributed by atoms with van der Waals surface area (Å²) in [5.74, 6) is -1.64. The Labute approximate surface area is 138 Å². The number of carbonyl (C=O) groups is 2. The molecule has 0 unspecified atom stereocenters. The van der Waals surface area contributed by atoms with Gasteiger partial charge in [0, 0.05) is 5.69 Å². The number of nitrogens with one attached hydrogen (secondary N) is 3. The minimum Gasteiger partial charge on any atom is -0.341 e. The summed E-state index contributed by atoms with van der Waals surface area (Å²) in [6.45, 7) is 3.28. The Hall–Kier alpha value is -2.12. The van der Waals surface area contributed by atoms with Gasteiger partial charge in [-0.3, -0.25) is 9.59 Å². The van der Waals surface area contributed by atoms with Crippen molar-refractivity contribution in [1.82, 2.24) is 4.98 Å². The highest BCUT2D eigenvalue weighted by molar-refractivity contribution is 9.10. The normalized spacial score (nSPS) is 10.1. The summed E-state index contributed by atoms with van der Waals surface area (Å²) < 4.78 is 14.1. The van der Waals surface area contributed by atoms with E-state index in [1.807, 2.05) is 0 Å². The molecule has 1 heterocycles. The van der Waals surface area contributed by atoms with Crippen molar-refractivity contribution in [2.45, 2.75) is 0 Å². The number of benzene rings is 1. The second-order valence-electron chi connectivity index (χ2n) is 4.19. The number of amides is 2. The lowest BCUT2D eigenvalue weighted by Crippen LogP contribution is -2.13. The molecule has 0 saturated heterocycles. The van der Waals surface area contributed by atoms with Gasteiger partial charge in [0.15, 0.2) is 0 Å². The van der Waals surface area contributed by atoms with E-state index in [-0.39, 0.29) is 11.4 Å². The van der Waals surface area contributed by atoms with Gasteiger partial charge in [0.25, 0.3) is 5.91 Å². The van der Waals surface area contributed by atoms with Crippen LogP contribution in [0.5, 0.6) is 0 Å². The Morgan fingerprint density at radius 3 is 2.64 bits per heavy atom. The smallest absolute Gasteiger partial charge is 0.272 e. The second-order valence-corrected chi connectivity index (χ2v) is 5.42. The number of hydrogen-bond acceptors (Lipinski definition) is 2. The minimum atomic E-state index is -0.626. The minimum absolute atomic E-state index is 0.0617. The van der Waals surface area contributed by atoms with Crippen LogP contribution in [0.4, 0.5) is 15.8 Å². The second kappa shape index (κ2) is 6.76. The average molecular weight is 387 g/mol. The van der Waals surface area contributed by atoms with Gasteiger partial charge in [-0.25, -0.2) is 4.39 Å². The van der Waals surface area contributed by atoms with E-state index in [0.29, 0.717) is 15.3 Å². The van der Waals surface area contributed by atoms with Crippen LogP contribution in [0.15, 0.2) is 41.4 Å². The van der Waals surface area contributed by atoms with Crippen LogP contribution < -0.4 is 10.6 Å². The molecule has 8 heteroatoms. The monoisotopic (exact) mass is 385 g/mol. The number of aromatic amines is 1. The first-order valence-electron chi connectivity index (χ1n) is 5.99. The SMILES string of the molecule is C=CC(=O)Nc1cc(NC(=O)c2cc(Br)c(Cl)[nH]2)ccc1F. The highest BCUT2D eigenvalue weighted by Gasteiger charge is 2.13. The van der Waals surface area contributed by atoms with Crippen LogP contribution in [0.2, 0.25) is 5.15 Å². The predicted molar refractivity (Wildman–Crippen MR) is 86.7 cm³/mol. The van der Waals surface area contributed by atoms with Crippen molar-refractivity contribution in [3.8, 4) is 0 Å². The molecule has 22 heavy (non-hydrogen) atoms. The average Bonchev–Trinajstić information content (AvgIpc) is 2.82. The van der Waals surface area contributed by atoms with E-state index in [0.717, 1.165) is 12.1 Å². The zero-order valence-electron chi connectivity index (χ0n) is 11.0. The van der Waals surface area contributed by atoms with Gasteiger partial charge in [-0.15, -0.1) is 0 Å². The molecule has 2 aromatic rings. The molecule has 1 aromatic heterocycles. The largest absolute Gasteiger partial charge is 0.341 e. The lowest BCUT2D eigenvalue weighted by molar-refractivity contribution is -0.111. The van der Waals surface area contributed by atoms with E-state index in [4.69, 9.17) is 11.6 Å². The maximum atomic E-state index is 13.6. The molecule has 0 atom stereocenters. The summed E-state index contributed by atoms with van der Waals surface area (Å²) in [6.07, 6.45) is 1.02. The zero-order valence-corrected chi connectivity index (χ0v) is 13.4. The van der Waals surface area contributed by atoms with Gasteiger partial charge in [0.2, 0.25) is 5.91 Å². The van der Waals surface area contributed by atoms with Gasteiger partial charge in [-0.1, -0.05) is 18.2 Å². The fourth-order valence-electron chi connectivity index (χ4n) is 1.61.